The smallest absolute Gasteiger partial charge is 0.404 e. The van der Waals surface area contributed by atoms with Crippen molar-refractivity contribution in [1.82, 2.24) is 20.3 Å². The highest BCUT2D eigenvalue weighted by Crippen LogP contribution is 2.28. The van der Waals surface area contributed by atoms with E-state index in [1.54, 1.807) is 12.3 Å². The number of hydrogen-bond acceptors (Lipinski definition) is 7. The minimum atomic E-state index is -1.05. The molecule has 1 saturated heterocycles. The summed E-state index contributed by atoms with van der Waals surface area (Å²) in [6, 6.07) is 1.57. The van der Waals surface area contributed by atoms with Gasteiger partial charge in [-0.25, -0.2) is 14.8 Å². The van der Waals surface area contributed by atoms with Gasteiger partial charge >= 0.3 is 6.09 Å². The van der Waals surface area contributed by atoms with Gasteiger partial charge in [0.1, 0.15) is 0 Å². The standard InChI is InChI=1S/C16H18ClN7O3/c17-15-20-6-10(18)13(23-15)14(25)22-11-7-19-4-3-12(11)24-5-1-2-9(8-24)21-16(26)27/h3-4,6-7,9,21H,1-2,5,8,18H2,(H,22,25)(H,26,27). The van der Waals surface area contributed by atoms with Crippen LogP contribution in [0.2, 0.25) is 5.28 Å². The number of pyridine rings is 1. The summed E-state index contributed by atoms with van der Waals surface area (Å²) < 4.78 is 0. The number of carbonyl (C=O) groups excluding carboxylic acids is 1. The number of nitrogen functional groups attached to an aromatic ring is 1. The summed E-state index contributed by atoms with van der Waals surface area (Å²) in [4.78, 5) is 37.1. The van der Waals surface area contributed by atoms with E-state index >= 15 is 0 Å². The van der Waals surface area contributed by atoms with Crippen LogP contribution in [-0.4, -0.2) is 51.2 Å². The van der Waals surface area contributed by atoms with E-state index in [0.29, 0.717) is 12.2 Å². The normalized spacial score (nSPS) is 16.6. The summed E-state index contributed by atoms with van der Waals surface area (Å²) >= 11 is 5.74. The van der Waals surface area contributed by atoms with E-state index in [-0.39, 0.29) is 22.7 Å². The molecule has 2 aromatic heterocycles. The number of anilines is 3. The Balaban J connectivity index is 1.80. The van der Waals surface area contributed by atoms with Gasteiger partial charge in [-0.15, -0.1) is 0 Å². The van der Waals surface area contributed by atoms with Crippen molar-refractivity contribution < 1.29 is 14.7 Å². The molecule has 1 aliphatic heterocycles. The van der Waals surface area contributed by atoms with E-state index in [1.165, 1.54) is 12.4 Å². The summed E-state index contributed by atoms with van der Waals surface area (Å²) in [5.41, 5.74) is 7.02. The van der Waals surface area contributed by atoms with Gasteiger partial charge in [0.25, 0.3) is 5.91 Å². The van der Waals surface area contributed by atoms with Gasteiger partial charge in [-0.05, 0) is 30.5 Å². The molecular weight excluding hydrogens is 374 g/mol. The van der Waals surface area contributed by atoms with Crippen LogP contribution in [0.25, 0.3) is 0 Å². The number of nitrogens with one attached hydrogen (secondary N) is 2. The van der Waals surface area contributed by atoms with E-state index in [0.717, 1.165) is 25.1 Å². The Hall–Kier alpha value is -3.14. The monoisotopic (exact) mass is 391 g/mol. The lowest BCUT2D eigenvalue weighted by molar-refractivity contribution is 0.102. The highest BCUT2D eigenvalue weighted by molar-refractivity contribution is 6.28. The first-order chi connectivity index (χ1) is 12.9. The van der Waals surface area contributed by atoms with Crippen molar-refractivity contribution in [3.63, 3.8) is 0 Å². The third-order valence-electron chi connectivity index (χ3n) is 4.14. The van der Waals surface area contributed by atoms with Crippen LogP contribution in [0.1, 0.15) is 23.3 Å². The average Bonchev–Trinajstić information content (AvgIpc) is 2.64. The molecule has 0 bridgehead atoms. The number of aromatic nitrogens is 3. The van der Waals surface area contributed by atoms with Crippen molar-refractivity contribution in [3.8, 4) is 0 Å². The molecule has 3 heterocycles. The van der Waals surface area contributed by atoms with Crippen molar-refractivity contribution in [2.75, 3.05) is 29.0 Å². The molecule has 5 N–H and O–H groups in total. The maximum Gasteiger partial charge on any atom is 0.404 e. The molecular formula is C16H18ClN7O3. The first-order valence-corrected chi connectivity index (χ1v) is 8.59. The first kappa shape index (κ1) is 18.6. The Morgan fingerprint density at radius 1 is 1.37 bits per heavy atom. The van der Waals surface area contributed by atoms with E-state index in [9.17, 15) is 9.59 Å². The number of hydrogen-bond donors (Lipinski definition) is 4. The van der Waals surface area contributed by atoms with E-state index in [4.69, 9.17) is 22.4 Å². The van der Waals surface area contributed by atoms with Gasteiger partial charge in [0.2, 0.25) is 5.28 Å². The third-order valence-corrected chi connectivity index (χ3v) is 4.32. The van der Waals surface area contributed by atoms with Gasteiger partial charge in [0, 0.05) is 25.3 Å². The van der Waals surface area contributed by atoms with Crippen LogP contribution in [0.3, 0.4) is 0 Å². The Labute approximate surface area is 159 Å². The van der Waals surface area contributed by atoms with Gasteiger partial charge in [-0.2, -0.15) is 0 Å². The van der Waals surface area contributed by atoms with Crippen LogP contribution >= 0.6 is 11.6 Å². The molecule has 0 spiro atoms. The molecule has 142 valence electrons. The van der Waals surface area contributed by atoms with Crippen LogP contribution < -0.4 is 21.3 Å². The zero-order valence-corrected chi connectivity index (χ0v) is 15.0. The number of piperidine rings is 1. The lowest BCUT2D eigenvalue weighted by atomic mass is 10.0. The number of nitrogens with two attached hydrogens (primary N) is 1. The second-order valence-electron chi connectivity index (χ2n) is 6.02. The molecule has 0 radical (unpaired) electrons. The highest BCUT2D eigenvalue weighted by Gasteiger charge is 2.24. The van der Waals surface area contributed by atoms with Crippen LogP contribution in [0.4, 0.5) is 21.9 Å². The summed E-state index contributed by atoms with van der Waals surface area (Å²) in [6.07, 6.45) is 4.90. The Morgan fingerprint density at radius 2 is 2.19 bits per heavy atom. The molecule has 2 aromatic rings. The number of amides is 2. The molecule has 0 saturated carbocycles. The van der Waals surface area contributed by atoms with Gasteiger partial charge in [-0.1, -0.05) is 0 Å². The van der Waals surface area contributed by atoms with Crippen molar-refractivity contribution in [2.45, 2.75) is 18.9 Å². The van der Waals surface area contributed by atoms with Gasteiger partial charge in [-0.3, -0.25) is 9.78 Å². The number of carbonyl (C=O) groups is 2. The van der Waals surface area contributed by atoms with Crippen molar-refractivity contribution in [2.24, 2.45) is 0 Å². The van der Waals surface area contributed by atoms with Crippen molar-refractivity contribution >= 4 is 40.7 Å². The Bertz CT molecular complexity index is 864. The fourth-order valence-electron chi connectivity index (χ4n) is 2.98. The topological polar surface area (TPSA) is 146 Å². The molecule has 27 heavy (non-hydrogen) atoms. The number of rotatable bonds is 4. The van der Waals surface area contributed by atoms with Crippen molar-refractivity contribution in [1.29, 1.82) is 0 Å². The van der Waals surface area contributed by atoms with Crippen molar-refractivity contribution in [3.05, 3.63) is 35.6 Å². The van der Waals surface area contributed by atoms with E-state index in [2.05, 4.69) is 25.6 Å². The molecule has 0 aromatic carbocycles. The minimum absolute atomic E-state index is 0.0335. The second kappa shape index (κ2) is 8.04. The van der Waals surface area contributed by atoms with E-state index in [1.807, 2.05) is 4.90 Å². The maximum atomic E-state index is 12.6. The molecule has 1 fully saturated rings. The molecule has 3 rings (SSSR count). The zero-order chi connectivity index (χ0) is 19.4. The molecule has 10 nitrogen and oxygen atoms in total. The number of halogens is 1. The molecule has 1 unspecified atom stereocenters. The fourth-order valence-corrected chi connectivity index (χ4v) is 3.11. The van der Waals surface area contributed by atoms with E-state index < -0.39 is 12.0 Å². The molecule has 1 aliphatic rings. The quantitative estimate of drug-likeness (QED) is 0.574. The summed E-state index contributed by atoms with van der Waals surface area (Å²) in [6.45, 7) is 1.22. The summed E-state index contributed by atoms with van der Waals surface area (Å²) in [5.74, 6) is -0.539. The third kappa shape index (κ3) is 4.53. The second-order valence-corrected chi connectivity index (χ2v) is 6.36. The van der Waals surface area contributed by atoms with Crippen LogP contribution in [0.15, 0.2) is 24.7 Å². The van der Waals surface area contributed by atoms with Crippen LogP contribution in [0, 0.1) is 0 Å². The fraction of sp³-hybridized carbons (Fsp3) is 0.312. The van der Waals surface area contributed by atoms with Crippen LogP contribution in [0.5, 0.6) is 0 Å². The number of nitrogens with zero attached hydrogens (tertiary/aromatic N) is 4. The zero-order valence-electron chi connectivity index (χ0n) is 14.2. The predicted molar refractivity (Wildman–Crippen MR) is 100 cm³/mol. The molecule has 11 heteroatoms. The molecule has 1 atom stereocenters. The Morgan fingerprint density at radius 3 is 2.96 bits per heavy atom. The Kier molecular flexibility index (Phi) is 5.55. The first-order valence-electron chi connectivity index (χ1n) is 8.22. The van der Waals surface area contributed by atoms with Gasteiger partial charge in [0.15, 0.2) is 5.69 Å². The summed E-state index contributed by atoms with van der Waals surface area (Å²) in [7, 11) is 0. The molecule has 2 amide bonds. The lowest BCUT2D eigenvalue weighted by Gasteiger charge is -2.35. The summed E-state index contributed by atoms with van der Waals surface area (Å²) in [5, 5.41) is 14.1. The largest absolute Gasteiger partial charge is 0.465 e. The number of carboxylic acid groups (broad SMARTS) is 1. The lowest BCUT2D eigenvalue weighted by Crippen LogP contribution is -2.47. The van der Waals surface area contributed by atoms with Crippen LogP contribution in [-0.2, 0) is 0 Å². The maximum absolute atomic E-state index is 12.6. The SMILES string of the molecule is Nc1cnc(Cl)nc1C(=O)Nc1cnccc1N1CCCC(NC(=O)O)C1. The predicted octanol–water partition coefficient (Wildman–Crippen LogP) is 1.60. The molecule has 0 aliphatic carbocycles. The minimum Gasteiger partial charge on any atom is -0.465 e. The van der Waals surface area contributed by atoms with Gasteiger partial charge in [0.05, 0.1) is 29.5 Å². The highest BCUT2D eigenvalue weighted by atomic mass is 35.5. The van der Waals surface area contributed by atoms with Gasteiger partial charge < -0.3 is 26.4 Å². The average molecular weight is 392 g/mol.